The Kier molecular flexibility index (Phi) is 3.91. The molecule has 0 atom stereocenters. The maximum absolute atomic E-state index is 5.36. The number of nitrogens with zero attached hydrogens (tertiary/aromatic N) is 2. The van der Waals surface area contributed by atoms with Crippen molar-refractivity contribution in [2.24, 2.45) is 7.05 Å². The Morgan fingerprint density at radius 1 is 1.44 bits per heavy atom. The predicted octanol–water partition coefficient (Wildman–Crippen LogP) is 3.11. The molecule has 1 N–H and O–H groups in total. The van der Waals surface area contributed by atoms with Crippen molar-refractivity contribution >= 4 is 21.6 Å². The van der Waals surface area contributed by atoms with Crippen LogP contribution in [0.5, 0.6) is 5.88 Å². The Balaban J connectivity index is 2.15. The molecule has 0 bridgehead atoms. The summed E-state index contributed by atoms with van der Waals surface area (Å²) in [5.41, 5.74) is 3.13. The number of methoxy groups -OCH3 is 1. The monoisotopic (exact) mass is 309 g/mol. The number of ether oxygens (including phenoxy) is 1. The minimum Gasteiger partial charge on any atom is -0.481 e. The Hall–Kier alpha value is -1.49. The maximum atomic E-state index is 5.36. The average molecular weight is 310 g/mol. The highest BCUT2D eigenvalue weighted by Gasteiger charge is 2.13. The molecule has 2 rings (SSSR count). The fraction of sp³-hybridized carbons (Fsp3) is 0.308. The van der Waals surface area contributed by atoms with E-state index in [0.29, 0.717) is 6.54 Å². The molecule has 0 aliphatic carbocycles. The van der Waals surface area contributed by atoms with Crippen LogP contribution < -0.4 is 10.1 Å². The van der Waals surface area contributed by atoms with E-state index in [1.165, 1.54) is 0 Å². The van der Waals surface area contributed by atoms with E-state index in [2.05, 4.69) is 26.3 Å². The Morgan fingerprint density at radius 3 is 2.89 bits per heavy atom. The molecule has 5 heteroatoms. The van der Waals surface area contributed by atoms with Crippen molar-refractivity contribution in [3.63, 3.8) is 0 Å². The van der Waals surface area contributed by atoms with Gasteiger partial charge < -0.3 is 10.1 Å². The van der Waals surface area contributed by atoms with Crippen LogP contribution >= 0.6 is 15.9 Å². The minimum absolute atomic E-state index is 0.694. The third kappa shape index (κ3) is 2.67. The lowest BCUT2D eigenvalue weighted by atomic mass is 10.2. The molecule has 0 fully saturated rings. The van der Waals surface area contributed by atoms with E-state index < -0.39 is 0 Å². The third-order valence-electron chi connectivity index (χ3n) is 2.78. The van der Waals surface area contributed by atoms with Crippen LogP contribution in [0.2, 0.25) is 0 Å². The molecule has 0 saturated heterocycles. The highest BCUT2D eigenvalue weighted by Crippen LogP contribution is 2.23. The van der Waals surface area contributed by atoms with Crippen LogP contribution in [0.25, 0.3) is 0 Å². The van der Waals surface area contributed by atoms with E-state index in [9.17, 15) is 0 Å². The van der Waals surface area contributed by atoms with Gasteiger partial charge in [-0.15, -0.1) is 0 Å². The van der Waals surface area contributed by atoms with Gasteiger partial charge in [-0.25, -0.2) is 4.68 Å². The normalized spacial score (nSPS) is 10.4. The summed E-state index contributed by atoms with van der Waals surface area (Å²) in [6, 6.07) is 8.07. The summed E-state index contributed by atoms with van der Waals surface area (Å²) in [6.07, 6.45) is 0. The lowest BCUT2D eigenvalue weighted by Gasteiger charge is -2.08. The van der Waals surface area contributed by atoms with Crippen molar-refractivity contribution in [2.45, 2.75) is 13.5 Å². The lowest BCUT2D eigenvalue weighted by molar-refractivity contribution is 0.370. The second-order valence-electron chi connectivity index (χ2n) is 4.06. The van der Waals surface area contributed by atoms with E-state index in [4.69, 9.17) is 4.74 Å². The van der Waals surface area contributed by atoms with E-state index >= 15 is 0 Å². The van der Waals surface area contributed by atoms with E-state index in [1.807, 2.05) is 38.2 Å². The first-order valence-corrected chi connectivity index (χ1v) is 6.47. The number of nitrogens with one attached hydrogen (secondary N) is 1. The predicted molar refractivity (Wildman–Crippen MR) is 76.0 cm³/mol. The SMILES string of the molecule is COc1c(CNc2cccc(Br)c2)c(C)nn1C. The summed E-state index contributed by atoms with van der Waals surface area (Å²) in [6.45, 7) is 2.68. The van der Waals surface area contributed by atoms with Crippen molar-refractivity contribution in [2.75, 3.05) is 12.4 Å². The molecular weight excluding hydrogens is 294 g/mol. The maximum Gasteiger partial charge on any atom is 0.216 e. The summed E-state index contributed by atoms with van der Waals surface area (Å²) in [4.78, 5) is 0. The molecule has 0 saturated carbocycles. The van der Waals surface area contributed by atoms with Gasteiger partial charge in [0.15, 0.2) is 0 Å². The molecular formula is C13H16BrN3O. The van der Waals surface area contributed by atoms with Gasteiger partial charge in [-0.2, -0.15) is 5.10 Å². The number of hydrogen-bond donors (Lipinski definition) is 1. The number of aromatic nitrogens is 2. The van der Waals surface area contributed by atoms with Crippen LogP contribution in [0.15, 0.2) is 28.7 Å². The molecule has 18 heavy (non-hydrogen) atoms. The molecule has 2 aromatic rings. The summed E-state index contributed by atoms with van der Waals surface area (Å²) in [5.74, 6) is 0.801. The van der Waals surface area contributed by atoms with Crippen molar-refractivity contribution in [3.05, 3.63) is 40.0 Å². The van der Waals surface area contributed by atoms with Crippen LogP contribution in [0, 0.1) is 6.92 Å². The first-order chi connectivity index (χ1) is 8.61. The molecule has 0 aliphatic rings. The van der Waals surface area contributed by atoms with Crippen LogP contribution in [0.4, 0.5) is 5.69 Å². The Morgan fingerprint density at radius 2 is 2.22 bits per heavy atom. The van der Waals surface area contributed by atoms with E-state index in [1.54, 1.807) is 11.8 Å². The first kappa shape index (κ1) is 13.0. The number of aryl methyl sites for hydroxylation is 2. The topological polar surface area (TPSA) is 39.1 Å². The zero-order valence-corrected chi connectivity index (χ0v) is 12.3. The quantitative estimate of drug-likeness (QED) is 0.943. The van der Waals surface area contributed by atoms with Gasteiger partial charge in [-0.3, -0.25) is 0 Å². The summed E-state index contributed by atoms with van der Waals surface area (Å²) in [5, 5.41) is 7.72. The number of benzene rings is 1. The van der Waals surface area contributed by atoms with Crippen molar-refractivity contribution < 1.29 is 4.74 Å². The summed E-state index contributed by atoms with van der Waals surface area (Å²) < 4.78 is 8.18. The molecule has 0 spiro atoms. The second kappa shape index (κ2) is 5.44. The van der Waals surface area contributed by atoms with Gasteiger partial charge in [-0.1, -0.05) is 22.0 Å². The van der Waals surface area contributed by atoms with Crippen molar-refractivity contribution in [1.29, 1.82) is 0 Å². The highest BCUT2D eigenvalue weighted by atomic mass is 79.9. The standard InChI is InChI=1S/C13H16BrN3O/c1-9-12(13(18-3)17(2)16-9)8-15-11-6-4-5-10(14)7-11/h4-7,15H,8H2,1-3H3. The zero-order chi connectivity index (χ0) is 13.1. The Bertz CT molecular complexity index is 551. The molecule has 4 nitrogen and oxygen atoms in total. The molecule has 0 amide bonds. The zero-order valence-electron chi connectivity index (χ0n) is 10.7. The number of rotatable bonds is 4. The first-order valence-electron chi connectivity index (χ1n) is 5.67. The molecule has 96 valence electrons. The van der Waals surface area contributed by atoms with Crippen molar-refractivity contribution in [3.8, 4) is 5.88 Å². The van der Waals surface area contributed by atoms with E-state index in [0.717, 1.165) is 27.3 Å². The molecule has 0 radical (unpaired) electrons. The van der Waals surface area contributed by atoms with Gasteiger partial charge in [0, 0.05) is 23.8 Å². The van der Waals surface area contributed by atoms with E-state index in [-0.39, 0.29) is 0 Å². The number of anilines is 1. The smallest absolute Gasteiger partial charge is 0.216 e. The van der Waals surface area contributed by atoms with Crippen molar-refractivity contribution in [1.82, 2.24) is 9.78 Å². The van der Waals surface area contributed by atoms with Crippen LogP contribution in [0.3, 0.4) is 0 Å². The minimum atomic E-state index is 0.694. The summed E-state index contributed by atoms with van der Waals surface area (Å²) in [7, 11) is 3.55. The molecule has 0 aliphatic heterocycles. The number of halogens is 1. The second-order valence-corrected chi connectivity index (χ2v) is 4.98. The fourth-order valence-corrected chi connectivity index (χ4v) is 2.33. The van der Waals surface area contributed by atoms with Gasteiger partial charge in [0.25, 0.3) is 0 Å². The fourth-order valence-electron chi connectivity index (χ4n) is 1.93. The van der Waals surface area contributed by atoms with Gasteiger partial charge >= 0.3 is 0 Å². The molecule has 1 heterocycles. The van der Waals surface area contributed by atoms with Gasteiger partial charge in [0.1, 0.15) is 0 Å². The van der Waals surface area contributed by atoms with Gasteiger partial charge in [0.2, 0.25) is 5.88 Å². The molecule has 1 aromatic carbocycles. The third-order valence-corrected chi connectivity index (χ3v) is 3.27. The van der Waals surface area contributed by atoms with Gasteiger partial charge in [-0.05, 0) is 25.1 Å². The lowest BCUT2D eigenvalue weighted by Crippen LogP contribution is -2.02. The van der Waals surface area contributed by atoms with Crippen LogP contribution in [-0.4, -0.2) is 16.9 Å². The summed E-state index contributed by atoms with van der Waals surface area (Å²) >= 11 is 3.45. The molecule has 0 unspecified atom stereocenters. The van der Waals surface area contributed by atoms with Crippen LogP contribution in [0.1, 0.15) is 11.3 Å². The van der Waals surface area contributed by atoms with Crippen LogP contribution in [-0.2, 0) is 13.6 Å². The number of hydrogen-bond acceptors (Lipinski definition) is 3. The average Bonchev–Trinajstić information content (AvgIpc) is 2.60. The highest BCUT2D eigenvalue weighted by molar-refractivity contribution is 9.10. The molecule has 1 aromatic heterocycles. The van der Waals surface area contributed by atoms with Gasteiger partial charge in [0.05, 0.1) is 18.4 Å². The largest absolute Gasteiger partial charge is 0.481 e. The Labute approximate surface area is 115 Å².